The number of hydrogen-bond donors (Lipinski definition) is 1. The lowest BCUT2D eigenvalue weighted by atomic mass is 10.0. The Hall–Kier alpha value is -0.0500. The minimum atomic E-state index is -2.74. The minimum absolute atomic E-state index is 0.0625. The van der Waals surface area contributed by atoms with Gasteiger partial charge in [-0.3, -0.25) is 4.99 Å². The first-order valence-electron chi connectivity index (χ1n) is 4.66. The van der Waals surface area contributed by atoms with Crippen LogP contribution in [0, 0.1) is 0 Å². The minimum Gasteiger partial charge on any atom is -0.326 e. The fourth-order valence-corrected chi connectivity index (χ4v) is 2.94. The molecule has 0 rings (SSSR count). The lowest BCUT2D eigenvalue weighted by molar-refractivity contribution is 0.186. The van der Waals surface area contributed by atoms with Crippen LogP contribution in [0.3, 0.4) is 0 Å². The molecular formula is C10H13BrF3IN2. The number of nitrogens with zero attached hydrogens (tertiary/aromatic N) is 1. The van der Waals surface area contributed by atoms with Crippen molar-refractivity contribution in [2.45, 2.75) is 25.9 Å². The molecule has 1 atom stereocenters. The number of nitrogens with one attached hydrogen (secondary N) is 1. The van der Waals surface area contributed by atoms with Gasteiger partial charge in [-0.05, 0) is 35.9 Å². The topological polar surface area (TPSA) is 24.4 Å². The maximum atomic E-state index is 14.2. The van der Waals surface area contributed by atoms with Gasteiger partial charge in [0.1, 0.15) is 5.70 Å². The Kier molecular flexibility index (Phi) is 7.38. The first-order chi connectivity index (χ1) is 7.81. The zero-order chi connectivity index (χ0) is 13.6. The lowest BCUT2D eigenvalue weighted by Crippen LogP contribution is -2.30. The SMILES string of the molecule is C/C=C/C(C)(F)C(=NC)C(Br)=C(NI)C(F)F. The molecule has 0 aromatic carbocycles. The number of allylic oxidation sites excluding steroid dienone is 4. The van der Waals surface area contributed by atoms with Crippen LogP contribution >= 0.6 is 38.8 Å². The van der Waals surface area contributed by atoms with Gasteiger partial charge in [-0.2, -0.15) is 0 Å². The number of rotatable bonds is 5. The van der Waals surface area contributed by atoms with E-state index in [2.05, 4.69) is 24.5 Å². The molecule has 0 amide bonds. The third-order valence-corrected chi connectivity index (χ3v) is 3.31. The van der Waals surface area contributed by atoms with Crippen LogP contribution < -0.4 is 3.53 Å². The molecule has 0 aliphatic carbocycles. The highest BCUT2D eigenvalue weighted by Gasteiger charge is 2.31. The first-order valence-corrected chi connectivity index (χ1v) is 6.53. The van der Waals surface area contributed by atoms with Gasteiger partial charge in [0, 0.05) is 7.05 Å². The highest BCUT2D eigenvalue weighted by molar-refractivity contribution is 14.1. The quantitative estimate of drug-likeness (QED) is 0.304. The molecule has 0 radical (unpaired) electrons. The van der Waals surface area contributed by atoms with Crippen LogP contribution in [0.4, 0.5) is 13.2 Å². The van der Waals surface area contributed by atoms with E-state index >= 15 is 0 Å². The van der Waals surface area contributed by atoms with Gasteiger partial charge < -0.3 is 3.53 Å². The van der Waals surface area contributed by atoms with E-state index in [1.165, 1.54) is 26.1 Å². The van der Waals surface area contributed by atoms with Gasteiger partial charge in [0.2, 0.25) is 0 Å². The lowest BCUT2D eigenvalue weighted by Gasteiger charge is -2.20. The Bertz CT molecular complexity index is 351. The fraction of sp³-hybridized carbons (Fsp3) is 0.500. The zero-order valence-corrected chi connectivity index (χ0v) is 13.3. The molecule has 2 nitrogen and oxygen atoms in total. The molecule has 1 N–H and O–H groups in total. The zero-order valence-electron chi connectivity index (χ0n) is 9.57. The molecule has 0 aromatic rings. The van der Waals surface area contributed by atoms with Crippen LogP contribution in [0.15, 0.2) is 27.3 Å². The van der Waals surface area contributed by atoms with Crippen LogP contribution in [-0.2, 0) is 0 Å². The number of aliphatic imine (C=N–C) groups is 1. The number of halogens is 5. The molecule has 1 unspecified atom stereocenters. The molecule has 0 heterocycles. The molecule has 0 aliphatic rings. The van der Waals surface area contributed by atoms with Crippen molar-refractivity contribution in [2.75, 3.05) is 7.05 Å². The average Bonchev–Trinajstić information content (AvgIpc) is 2.18. The van der Waals surface area contributed by atoms with Crippen molar-refractivity contribution < 1.29 is 13.2 Å². The number of hydrogen-bond acceptors (Lipinski definition) is 2. The molecule has 0 saturated carbocycles. The molecular weight excluding hydrogens is 412 g/mol. The summed E-state index contributed by atoms with van der Waals surface area (Å²) in [5.41, 5.74) is -2.40. The maximum Gasteiger partial charge on any atom is 0.279 e. The smallest absolute Gasteiger partial charge is 0.279 e. The maximum absolute atomic E-state index is 14.2. The van der Waals surface area contributed by atoms with E-state index < -0.39 is 17.8 Å². The van der Waals surface area contributed by atoms with E-state index in [1.807, 2.05) is 0 Å². The van der Waals surface area contributed by atoms with Crippen molar-refractivity contribution in [3.63, 3.8) is 0 Å². The Morgan fingerprint density at radius 2 is 2.06 bits per heavy atom. The Labute approximate surface area is 121 Å². The third kappa shape index (κ3) is 4.61. The Morgan fingerprint density at radius 3 is 2.35 bits per heavy atom. The second-order valence-corrected chi connectivity index (χ2v) is 4.60. The van der Waals surface area contributed by atoms with Crippen LogP contribution in [0.2, 0.25) is 0 Å². The molecule has 0 saturated heterocycles. The monoisotopic (exact) mass is 424 g/mol. The molecule has 17 heavy (non-hydrogen) atoms. The van der Waals surface area contributed by atoms with E-state index in [1.54, 1.807) is 29.8 Å². The van der Waals surface area contributed by atoms with E-state index in [4.69, 9.17) is 0 Å². The van der Waals surface area contributed by atoms with E-state index in [9.17, 15) is 13.2 Å². The highest BCUT2D eigenvalue weighted by atomic mass is 127. The Morgan fingerprint density at radius 1 is 1.53 bits per heavy atom. The summed E-state index contributed by atoms with van der Waals surface area (Å²) in [7, 11) is 1.36. The second kappa shape index (κ2) is 7.40. The third-order valence-electron chi connectivity index (χ3n) is 1.93. The molecule has 0 aromatic heterocycles. The molecule has 98 valence electrons. The molecule has 7 heteroatoms. The van der Waals surface area contributed by atoms with Gasteiger partial charge >= 0.3 is 0 Å². The van der Waals surface area contributed by atoms with Crippen molar-refractivity contribution in [3.05, 3.63) is 22.3 Å². The van der Waals surface area contributed by atoms with Crippen LogP contribution in [-0.4, -0.2) is 24.9 Å². The van der Waals surface area contributed by atoms with Gasteiger partial charge in [-0.1, -0.05) is 6.08 Å². The fourth-order valence-electron chi connectivity index (χ4n) is 1.23. The predicted molar refractivity (Wildman–Crippen MR) is 76.8 cm³/mol. The van der Waals surface area contributed by atoms with Crippen LogP contribution in [0.5, 0.6) is 0 Å². The van der Waals surface area contributed by atoms with Crippen molar-refractivity contribution in [1.82, 2.24) is 3.53 Å². The average molecular weight is 425 g/mol. The first kappa shape index (κ1) is 16.9. The van der Waals surface area contributed by atoms with Crippen molar-refractivity contribution in [1.29, 1.82) is 0 Å². The molecule has 0 fully saturated rings. The van der Waals surface area contributed by atoms with Crippen molar-refractivity contribution in [3.8, 4) is 0 Å². The normalized spacial score (nSPS) is 18.3. The van der Waals surface area contributed by atoms with E-state index in [0.29, 0.717) is 0 Å². The van der Waals surface area contributed by atoms with Gasteiger partial charge in [0.15, 0.2) is 5.67 Å². The van der Waals surface area contributed by atoms with Gasteiger partial charge in [-0.15, -0.1) is 0 Å². The van der Waals surface area contributed by atoms with Gasteiger partial charge in [0.05, 0.1) is 33.1 Å². The summed E-state index contributed by atoms with van der Waals surface area (Å²) in [6, 6.07) is 0. The van der Waals surface area contributed by atoms with Crippen molar-refractivity contribution >= 4 is 44.5 Å². The van der Waals surface area contributed by atoms with Crippen LogP contribution in [0.1, 0.15) is 13.8 Å². The van der Waals surface area contributed by atoms with Crippen molar-refractivity contribution in [2.24, 2.45) is 4.99 Å². The van der Waals surface area contributed by atoms with Crippen LogP contribution in [0.25, 0.3) is 0 Å². The predicted octanol–water partition coefficient (Wildman–Crippen LogP) is 4.17. The van der Waals surface area contributed by atoms with Gasteiger partial charge in [-0.25, -0.2) is 13.2 Å². The summed E-state index contributed by atoms with van der Waals surface area (Å²) in [6.45, 7) is 2.90. The van der Waals surface area contributed by atoms with E-state index in [-0.39, 0.29) is 10.2 Å². The molecule has 0 aliphatic heterocycles. The largest absolute Gasteiger partial charge is 0.326 e. The summed E-state index contributed by atoms with van der Waals surface area (Å²) < 4.78 is 41.8. The standard InChI is InChI=1S/C10H13BrF3IN2/c1-4-5-10(2,14)8(16-3)6(11)7(17-15)9(12)13/h4-5,9,17H,1-3H3/b5-4+,7-6?,16-8?. The van der Waals surface area contributed by atoms with E-state index in [0.717, 1.165) is 0 Å². The molecule has 0 spiro atoms. The molecule has 0 bridgehead atoms. The van der Waals surface area contributed by atoms with Gasteiger partial charge in [0.25, 0.3) is 6.43 Å². The highest BCUT2D eigenvalue weighted by Crippen LogP contribution is 2.28. The summed E-state index contributed by atoms with van der Waals surface area (Å²) in [4.78, 5) is 3.74. The summed E-state index contributed by atoms with van der Waals surface area (Å²) >= 11 is 4.53. The summed E-state index contributed by atoms with van der Waals surface area (Å²) in [5.74, 6) is 0. The summed E-state index contributed by atoms with van der Waals surface area (Å²) in [6.07, 6.45) is 0.0251. The summed E-state index contributed by atoms with van der Waals surface area (Å²) in [5, 5.41) is 0. The second-order valence-electron chi connectivity index (χ2n) is 3.27. The number of alkyl halides is 3. The Balaban J connectivity index is 5.58.